The van der Waals surface area contributed by atoms with Gasteiger partial charge in [0.05, 0.1) is 18.0 Å². The first-order chi connectivity index (χ1) is 18.6. The molecule has 2 amide bonds. The van der Waals surface area contributed by atoms with Crippen molar-refractivity contribution in [2.45, 2.75) is 49.2 Å². The number of anilines is 1. The summed E-state index contributed by atoms with van der Waals surface area (Å²) in [4.78, 5) is 25.4. The minimum atomic E-state index is -0.238. The predicted octanol–water partition coefficient (Wildman–Crippen LogP) is 5.84. The van der Waals surface area contributed by atoms with Gasteiger partial charge in [0.15, 0.2) is 15.3 Å². The second-order valence-corrected chi connectivity index (χ2v) is 13.2. The Labute approximate surface area is 244 Å². The normalized spacial score (nSPS) is 11.4. The van der Waals surface area contributed by atoms with Crippen LogP contribution in [0.5, 0.6) is 0 Å². The quantitative estimate of drug-likeness (QED) is 0.172. The van der Waals surface area contributed by atoms with Crippen LogP contribution in [0, 0.1) is 0 Å². The number of nitrogens with one attached hydrogen (secondary N) is 2. The number of benzene rings is 2. The molecule has 2 heterocycles. The van der Waals surface area contributed by atoms with Crippen molar-refractivity contribution in [1.82, 2.24) is 30.3 Å². The summed E-state index contributed by atoms with van der Waals surface area (Å²) in [6, 6.07) is 14.8. The van der Waals surface area contributed by atoms with Crippen LogP contribution in [-0.4, -0.2) is 48.3 Å². The third kappa shape index (κ3) is 7.81. The molecule has 2 aromatic carbocycles. The van der Waals surface area contributed by atoms with Gasteiger partial charge in [0.2, 0.25) is 11.0 Å². The van der Waals surface area contributed by atoms with E-state index in [2.05, 4.69) is 51.8 Å². The summed E-state index contributed by atoms with van der Waals surface area (Å²) < 4.78 is 2.59. The maximum Gasteiger partial charge on any atom is 0.251 e. The van der Waals surface area contributed by atoms with Crippen molar-refractivity contribution >= 4 is 63.4 Å². The fourth-order valence-corrected chi connectivity index (χ4v) is 6.11. The van der Waals surface area contributed by atoms with E-state index in [4.69, 9.17) is 11.6 Å². The van der Waals surface area contributed by atoms with Gasteiger partial charge in [-0.3, -0.25) is 19.5 Å². The number of nitrogens with zero attached hydrogens (tertiary/aromatic N) is 5. The van der Waals surface area contributed by atoms with Crippen LogP contribution < -0.4 is 10.6 Å². The summed E-state index contributed by atoms with van der Waals surface area (Å²) in [5.41, 5.74) is 2.43. The third-order valence-corrected chi connectivity index (χ3v) is 8.46. The number of thioether (sulfide) groups is 2. The molecule has 9 nitrogen and oxygen atoms in total. The van der Waals surface area contributed by atoms with Crippen molar-refractivity contribution in [3.8, 4) is 5.69 Å². The van der Waals surface area contributed by atoms with E-state index in [0.717, 1.165) is 21.3 Å². The SMILES string of the molecule is CCSc1nnc(NC(=O)CSc2nnc(CNC(=O)c3ccc(C(C)(C)C)cc3)n2-c2cccc(Cl)c2)s1. The summed E-state index contributed by atoms with van der Waals surface area (Å²) >= 11 is 10.4. The van der Waals surface area contributed by atoms with Gasteiger partial charge in [-0.2, -0.15) is 0 Å². The number of rotatable bonds is 10. The molecule has 13 heteroatoms. The maximum atomic E-state index is 12.9. The van der Waals surface area contributed by atoms with E-state index < -0.39 is 0 Å². The van der Waals surface area contributed by atoms with Gasteiger partial charge in [-0.05, 0) is 47.1 Å². The van der Waals surface area contributed by atoms with Gasteiger partial charge in [0, 0.05) is 10.6 Å². The molecule has 4 rings (SSSR count). The zero-order valence-electron chi connectivity index (χ0n) is 21.9. The number of amides is 2. The van der Waals surface area contributed by atoms with Crippen molar-refractivity contribution in [2.24, 2.45) is 0 Å². The van der Waals surface area contributed by atoms with Crippen molar-refractivity contribution in [3.63, 3.8) is 0 Å². The average Bonchev–Trinajstić information content (AvgIpc) is 3.52. The van der Waals surface area contributed by atoms with E-state index in [1.165, 1.54) is 23.1 Å². The monoisotopic (exact) mass is 601 g/mol. The number of carbonyl (C=O) groups is 2. The number of hydrogen-bond donors (Lipinski definition) is 2. The molecule has 204 valence electrons. The maximum absolute atomic E-state index is 12.9. The van der Waals surface area contributed by atoms with Crippen molar-refractivity contribution in [3.05, 3.63) is 70.5 Å². The zero-order chi connectivity index (χ0) is 28.0. The summed E-state index contributed by atoms with van der Waals surface area (Å²) in [5, 5.41) is 23.8. The van der Waals surface area contributed by atoms with Gasteiger partial charge in [0.1, 0.15) is 0 Å². The van der Waals surface area contributed by atoms with Gasteiger partial charge in [-0.1, -0.05) is 92.4 Å². The predicted molar refractivity (Wildman–Crippen MR) is 158 cm³/mol. The molecule has 2 aromatic heterocycles. The molecule has 0 saturated carbocycles. The van der Waals surface area contributed by atoms with Gasteiger partial charge >= 0.3 is 0 Å². The van der Waals surface area contributed by atoms with Crippen LogP contribution in [0.25, 0.3) is 5.69 Å². The largest absolute Gasteiger partial charge is 0.345 e. The third-order valence-electron chi connectivity index (χ3n) is 5.44. The molecule has 0 radical (unpaired) electrons. The van der Waals surface area contributed by atoms with Crippen LogP contribution in [0.4, 0.5) is 5.13 Å². The van der Waals surface area contributed by atoms with Crippen LogP contribution in [-0.2, 0) is 16.8 Å². The van der Waals surface area contributed by atoms with E-state index in [1.54, 1.807) is 28.5 Å². The first kappa shape index (κ1) is 29.1. The standard InChI is InChI=1S/C26H28ClN7O2S3/c1-5-37-25-33-31-23(39-25)29-21(35)15-38-24-32-30-20(34(24)19-8-6-7-18(27)13-19)14-28-22(36)16-9-11-17(12-10-16)26(2,3)4/h6-13H,5,14-15H2,1-4H3,(H,28,36)(H,29,31,35). The topological polar surface area (TPSA) is 115 Å². The van der Waals surface area contributed by atoms with Crippen LogP contribution in [0.2, 0.25) is 5.02 Å². The lowest BCUT2D eigenvalue weighted by molar-refractivity contribution is -0.113. The second-order valence-electron chi connectivity index (χ2n) is 9.37. The summed E-state index contributed by atoms with van der Waals surface area (Å²) in [6.07, 6.45) is 0. The molecule has 39 heavy (non-hydrogen) atoms. The molecule has 0 atom stereocenters. The number of halogens is 1. The lowest BCUT2D eigenvalue weighted by Crippen LogP contribution is -2.25. The first-order valence-electron chi connectivity index (χ1n) is 12.1. The molecule has 0 spiro atoms. The molecule has 0 aliphatic carbocycles. The van der Waals surface area contributed by atoms with E-state index in [1.807, 2.05) is 43.3 Å². The Kier molecular flexibility index (Phi) is 9.65. The average molecular weight is 602 g/mol. The molecule has 4 aromatic rings. The lowest BCUT2D eigenvalue weighted by Gasteiger charge is -2.19. The highest BCUT2D eigenvalue weighted by Crippen LogP contribution is 2.27. The summed E-state index contributed by atoms with van der Waals surface area (Å²) in [6.45, 7) is 8.55. The highest BCUT2D eigenvalue weighted by molar-refractivity contribution is 8.01. The first-order valence-corrected chi connectivity index (χ1v) is 15.3. The minimum absolute atomic E-state index is 0.00158. The molecule has 0 fully saturated rings. The fourth-order valence-electron chi connectivity index (χ4n) is 3.49. The van der Waals surface area contributed by atoms with E-state index >= 15 is 0 Å². The molecular weight excluding hydrogens is 574 g/mol. The Bertz CT molecular complexity index is 1450. The Morgan fingerprint density at radius 3 is 2.49 bits per heavy atom. The highest BCUT2D eigenvalue weighted by Gasteiger charge is 2.19. The van der Waals surface area contributed by atoms with Crippen LogP contribution >= 0.6 is 46.5 Å². The van der Waals surface area contributed by atoms with E-state index in [9.17, 15) is 9.59 Å². The number of carbonyl (C=O) groups excluding carboxylic acids is 2. The Hall–Kier alpha value is -2.93. The van der Waals surface area contributed by atoms with Crippen molar-refractivity contribution < 1.29 is 9.59 Å². The van der Waals surface area contributed by atoms with Gasteiger partial charge in [-0.25, -0.2) is 0 Å². The molecule has 0 aliphatic rings. The molecular formula is C26H28ClN7O2S3. The highest BCUT2D eigenvalue weighted by atomic mass is 35.5. The lowest BCUT2D eigenvalue weighted by atomic mass is 9.87. The van der Waals surface area contributed by atoms with Gasteiger partial charge in [0.25, 0.3) is 5.91 Å². The van der Waals surface area contributed by atoms with Crippen LogP contribution in [0.1, 0.15) is 49.4 Å². The molecule has 2 N–H and O–H groups in total. The second kappa shape index (κ2) is 12.9. The molecule has 0 unspecified atom stereocenters. The smallest absolute Gasteiger partial charge is 0.251 e. The van der Waals surface area contributed by atoms with Crippen LogP contribution in [0.3, 0.4) is 0 Å². The van der Waals surface area contributed by atoms with E-state index in [0.29, 0.717) is 26.7 Å². The van der Waals surface area contributed by atoms with Crippen molar-refractivity contribution in [1.29, 1.82) is 0 Å². The Balaban J connectivity index is 1.47. The number of aromatic nitrogens is 5. The zero-order valence-corrected chi connectivity index (χ0v) is 25.1. The summed E-state index contributed by atoms with van der Waals surface area (Å²) in [7, 11) is 0. The molecule has 0 bridgehead atoms. The molecule has 0 saturated heterocycles. The fraction of sp³-hybridized carbons (Fsp3) is 0.308. The van der Waals surface area contributed by atoms with Gasteiger partial charge < -0.3 is 5.32 Å². The minimum Gasteiger partial charge on any atom is -0.345 e. The van der Waals surface area contributed by atoms with E-state index in [-0.39, 0.29) is 29.5 Å². The summed E-state index contributed by atoms with van der Waals surface area (Å²) in [5.74, 6) is 1.01. The Morgan fingerprint density at radius 1 is 1.03 bits per heavy atom. The van der Waals surface area contributed by atoms with Crippen LogP contribution in [0.15, 0.2) is 58.0 Å². The molecule has 0 aliphatic heterocycles. The van der Waals surface area contributed by atoms with Gasteiger partial charge in [-0.15, -0.1) is 20.4 Å². The number of hydrogen-bond acceptors (Lipinski definition) is 9. The van der Waals surface area contributed by atoms with Crippen molar-refractivity contribution in [2.75, 3.05) is 16.8 Å². The Morgan fingerprint density at radius 2 is 1.79 bits per heavy atom.